The lowest BCUT2D eigenvalue weighted by Crippen LogP contribution is -2.20. The first-order valence-corrected chi connectivity index (χ1v) is 11.3. The van der Waals surface area contributed by atoms with Gasteiger partial charge in [-0.1, -0.05) is 64.6 Å². The Bertz CT molecular complexity index is 857. The Balaban J connectivity index is 0.00000106. The van der Waals surface area contributed by atoms with E-state index in [2.05, 4.69) is 68.8 Å². The van der Waals surface area contributed by atoms with E-state index in [1.54, 1.807) is 0 Å². The SMILES string of the molecule is C=C(/C=C\C(=C/C)c1ccc(-c2cnccc2C)c(C)c1)OC1CCC1.CC.CC. The first kappa shape index (κ1) is 25.4. The van der Waals surface area contributed by atoms with Crippen LogP contribution >= 0.6 is 0 Å². The molecule has 3 rings (SSSR count). The second kappa shape index (κ2) is 13.6. The zero-order valence-corrected chi connectivity index (χ0v) is 20.0. The lowest BCUT2D eigenvalue weighted by molar-refractivity contribution is 0.0599. The average Bonchev–Trinajstić information content (AvgIpc) is 2.75. The maximum Gasteiger partial charge on any atom is 0.112 e. The van der Waals surface area contributed by atoms with Crippen molar-refractivity contribution in [2.45, 2.75) is 73.8 Å². The van der Waals surface area contributed by atoms with Gasteiger partial charge < -0.3 is 4.74 Å². The molecule has 0 bridgehead atoms. The summed E-state index contributed by atoms with van der Waals surface area (Å²) in [4.78, 5) is 4.27. The summed E-state index contributed by atoms with van der Waals surface area (Å²) >= 11 is 0. The molecule has 0 spiro atoms. The molecular formula is C28H39NO. The number of allylic oxidation sites excluding steroid dienone is 4. The summed E-state index contributed by atoms with van der Waals surface area (Å²) in [6.07, 6.45) is 13.9. The number of rotatable bonds is 6. The molecule has 0 radical (unpaired) electrons. The summed E-state index contributed by atoms with van der Waals surface area (Å²) in [5, 5.41) is 0. The largest absolute Gasteiger partial charge is 0.491 e. The van der Waals surface area contributed by atoms with Crippen LogP contribution in [-0.4, -0.2) is 11.1 Å². The summed E-state index contributed by atoms with van der Waals surface area (Å²) in [6, 6.07) is 8.64. The molecule has 1 aromatic heterocycles. The second-order valence-electron chi connectivity index (χ2n) is 6.93. The Morgan fingerprint density at radius 1 is 1.00 bits per heavy atom. The van der Waals surface area contributed by atoms with Crippen molar-refractivity contribution in [3.8, 4) is 11.1 Å². The van der Waals surface area contributed by atoms with Crippen LogP contribution in [0.25, 0.3) is 16.7 Å². The standard InChI is InChI=1S/C24H27NO.2C2H6/c1-5-20(10-9-19(4)26-22-7-6-8-22)21-11-12-23(18(3)15-21)24-16-25-14-13-17(24)2;2*1-2/h5,9-16,22H,4,6-8H2,1-3H3;2*1-2H3/b10-9-,20-5+;;. The molecule has 1 saturated carbocycles. The number of aromatic nitrogens is 1. The van der Waals surface area contributed by atoms with E-state index < -0.39 is 0 Å². The van der Waals surface area contributed by atoms with Crippen molar-refractivity contribution in [2.24, 2.45) is 0 Å². The third-order valence-corrected chi connectivity index (χ3v) is 5.02. The summed E-state index contributed by atoms with van der Waals surface area (Å²) in [5.41, 5.74) is 7.28. The summed E-state index contributed by atoms with van der Waals surface area (Å²) in [6.45, 7) is 18.4. The molecule has 2 heteroatoms. The molecule has 0 aliphatic heterocycles. The van der Waals surface area contributed by atoms with Gasteiger partial charge in [0.2, 0.25) is 0 Å². The first-order chi connectivity index (χ1) is 14.6. The first-order valence-electron chi connectivity index (χ1n) is 11.3. The molecule has 1 heterocycles. The van der Waals surface area contributed by atoms with E-state index in [4.69, 9.17) is 4.74 Å². The summed E-state index contributed by atoms with van der Waals surface area (Å²) < 4.78 is 5.82. The fraction of sp³-hybridized carbons (Fsp3) is 0.393. The van der Waals surface area contributed by atoms with Crippen LogP contribution in [0.1, 0.15) is 70.6 Å². The van der Waals surface area contributed by atoms with Gasteiger partial charge in [0, 0.05) is 18.0 Å². The molecule has 2 nitrogen and oxygen atoms in total. The van der Waals surface area contributed by atoms with Gasteiger partial charge in [0.1, 0.15) is 5.76 Å². The number of hydrogen-bond donors (Lipinski definition) is 0. The van der Waals surface area contributed by atoms with E-state index in [-0.39, 0.29) is 0 Å². The number of hydrogen-bond acceptors (Lipinski definition) is 2. The molecule has 0 saturated heterocycles. The number of pyridine rings is 1. The van der Waals surface area contributed by atoms with E-state index in [0.717, 1.165) is 18.6 Å². The Kier molecular flexibility index (Phi) is 11.5. The van der Waals surface area contributed by atoms with E-state index in [1.165, 1.54) is 39.8 Å². The Morgan fingerprint density at radius 3 is 2.23 bits per heavy atom. The highest BCUT2D eigenvalue weighted by Crippen LogP contribution is 2.29. The van der Waals surface area contributed by atoms with Crippen LogP contribution in [-0.2, 0) is 4.74 Å². The maximum atomic E-state index is 5.82. The minimum absolute atomic E-state index is 0.366. The van der Waals surface area contributed by atoms with Gasteiger partial charge in [0.15, 0.2) is 0 Å². The van der Waals surface area contributed by atoms with Crippen LogP contribution in [0.5, 0.6) is 0 Å². The lowest BCUT2D eigenvalue weighted by Gasteiger charge is -2.26. The predicted molar refractivity (Wildman–Crippen MR) is 132 cm³/mol. The minimum atomic E-state index is 0.366. The second-order valence-corrected chi connectivity index (χ2v) is 6.93. The predicted octanol–water partition coefficient (Wildman–Crippen LogP) is 8.46. The van der Waals surface area contributed by atoms with Crippen LogP contribution in [0.4, 0.5) is 0 Å². The third-order valence-electron chi connectivity index (χ3n) is 5.02. The van der Waals surface area contributed by atoms with Crippen LogP contribution in [0.2, 0.25) is 0 Å². The monoisotopic (exact) mass is 405 g/mol. The summed E-state index contributed by atoms with van der Waals surface area (Å²) in [5.74, 6) is 0.744. The molecule has 0 amide bonds. The van der Waals surface area contributed by atoms with Crippen molar-refractivity contribution in [1.29, 1.82) is 0 Å². The zero-order chi connectivity index (χ0) is 22.5. The Morgan fingerprint density at radius 2 is 1.70 bits per heavy atom. The smallest absolute Gasteiger partial charge is 0.112 e. The van der Waals surface area contributed by atoms with Crippen LogP contribution in [0, 0.1) is 13.8 Å². The molecule has 1 aliphatic carbocycles. The van der Waals surface area contributed by atoms with E-state index >= 15 is 0 Å². The molecule has 30 heavy (non-hydrogen) atoms. The third kappa shape index (κ3) is 7.02. The van der Waals surface area contributed by atoms with Gasteiger partial charge in [0.25, 0.3) is 0 Å². The number of nitrogens with zero attached hydrogens (tertiary/aromatic N) is 1. The van der Waals surface area contributed by atoms with E-state index in [9.17, 15) is 0 Å². The highest BCUT2D eigenvalue weighted by molar-refractivity contribution is 5.78. The van der Waals surface area contributed by atoms with Crippen molar-refractivity contribution < 1.29 is 4.74 Å². The average molecular weight is 406 g/mol. The van der Waals surface area contributed by atoms with Crippen molar-refractivity contribution in [3.05, 3.63) is 83.9 Å². The van der Waals surface area contributed by atoms with Crippen molar-refractivity contribution in [3.63, 3.8) is 0 Å². The lowest BCUT2D eigenvalue weighted by atomic mass is 9.94. The van der Waals surface area contributed by atoms with Crippen molar-refractivity contribution >= 4 is 5.57 Å². The Hall–Kier alpha value is -2.61. The number of benzene rings is 1. The highest BCUT2D eigenvalue weighted by atomic mass is 16.5. The molecule has 1 fully saturated rings. The normalized spacial score (nSPS) is 13.5. The van der Waals surface area contributed by atoms with E-state index in [1.807, 2.05) is 46.2 Å². The van der Waals surface area contributed by atoms with Crippen molar-refractivity contribution in [2.75, 3.05) is 0 Å². The molecule has 2 aromatic rings. The maximum absolute atomic E-state index is 5.82. The van der Waals surface area contributed by atoms with Gasteiger partial charge in [-0.2, -0.15) is 0 Å². The topological polar surface area (TPSA) is 22.1 Å². The molecule has 0 unspecified atom stereocenters. The fourth-order valence-corrected chi connectivity index (χ4v) is 3.18. The highest BCUT2D eigenvalue weighted by Gasteiger charge is 2.18. The fourth-order valence-electron chi connectivity index (χ4n) is 3.18. The quantitative estimate of drug-likeness (QED) is 0.355. The van der Waals surface area contributed by atoms with Gasteiger partial charge >= 0.3 is 0 Å². The minimum Gasteiger partial charge on any atom is -0.491 e. The molecular weight excluding hydrogens is 366 g/mol. The van der Waals surface area contributed by atoms with Gasteiger partial charge in [-0.15, -0.1) is 0 Å². The van der Waals surface area contributed by atoms with Crippen LogP contribution in [0.15, 0.2) is 67.2 Å². The van der Waals surface area contributed by atoms with Gasteiger partial charge in [-0.3, -0.25) is 4.98 Å². The zero-order valence-electron chi connectivity index (χ0n) is 20.0. The molecule has 0 N–H and O–H groups in total. The van der Waals surface area contributed by atoms with Gasteiger partial charge in [-0.25, -0.2) is 0 Å². The molecule has 162 valence electrons. The number of ether oxygens (including phenoxy) is 1. The molecule has 0 atom stereocenters. The van der Waals surface area contributed by atoms with Gasteiger partial charge in [-0.05, 0) is 80.0 Å². The van der Waals surface area contributed by atoms with E-state index in [0.29, 0.717) is 6.10 Å². The number of aryl methyl sites for hydroxylation is 2. The Labute approximate surface area is 184 Å². The van der Waals surface area contributed by atoms with Crippen molar-refractivity contribution in [1.82, 2.24) is 4.98 Å². The molecule has 1 aliphatic rings. The van der Waals surface area contributed by atoms with Crippen LogP contribution in [0.3, 0.4) is 0 Å². The molecule has 1 aromatic carbocycles. The summed E-state index contributed by atoms with van der Waals surface area (Å²) in [7, 11) is 0. The van der Waals surface area contributed by atoms with Crippen LogP contribution < -0.4 is 0 Å². The van der Waals surface area contributed by atoms with Gasteiger partial charge in [0.05, 0.1) is 6.10 Å².